The van der Waals surface area contributed by atoms with Gasteiger partial charge in [-0.3, -0.25) is 0 Å². The Morgan fingerprint density at radius 1 is 1.07 bits per heavy atom. The highest BCUT2D eigenvalue weighted by molar-refractivity contribution is 5.46. The zero-order valence-electron chi connectivity index (χ0n) is 16.1. The summed E-state index contributed by atoms with van der Waals surface area (Å²) in [7, 11) is 0. The van der Waals surface area contributed by atoms with Gasteiger partial charge >= 0.3 is 6.18 Å². The van der Waals surface area contributed by atoms with E-state index in [4.69, 9.17) is 9.47 Å². The van der Waals surface area contributed by atoms with E-state index < -0.39 is 28.8 Å². The first kappa shape index (κ1) is 20.8. The van der Waals surface area contributed by atoms with Gasteiger partial charge in [-0.1, -0.05) is 18.2 Å². The summed E-state index contributed by atoms with van der Waals surface area (Å²) in [4.78, 5) is 0. The van der Waals surface area contributed by atoms with Gasteiger partial charge in [-0.2, -0.15) is 13.2 Å². The van der Waals surface area contributed by atoms with Gasteiger partial charge in [0, 0.05) is 23.5 Å². The van der Waals surface area contributed by atoms with Crippen LogP contribution in [0.25, 0.3) is 0 Å². The summed E-state index contributed by atoms with van der Waals surface area (Å²) in [6.07, 6.45) is -1.87. The van der Waals surface area contributed by atoms with Gasteiger partial charge in [0.25, 0.3) is 0 Å². The third-order valence-electron chi connectivity index (χ3n) is 6.20. The van der Waals surface area contributed by atoms with Crippen LogP contribution in [0.1, 0.15) is 29.5 Å². The first-order chi connectivity index (χ1) is 14.3. The van der Waals surface area contributed by atoms with Gasteiger partial charge in [0.2, 0.25) is 0 Å². The number of alkyl halides is 3. The summed E-state index contributed by atoms with van der Waals surface area (Å²) in [5, 5.41) is 0. The van der Waals surface area contributed by atoms with Crippen LogP contribution < -0.4 is 4.74 Å². The Morgan fingerprint density at radius 3 is 2.43 bits per heavy atom. The number of benzene rings is 2. The Kier molecular flexibility index (Phi) is 5.34. The van der Waals surface area contributed by atoms with Crippen molar-refractivity contribution < 1.29 is 31.4 Å². The van der Waals surface area contributed by atoms with Crippen LogP contribution in [0, 0.1) is 17.6 Å². The molecule has 2 aromatic carbocycles. The fourth-order valence-corrected chi connectivity index (χ4v) is 4.82. The molecule has 0 aliphatic carbocycles. The third-order valence-corrected chi connectivity index (χ3v) is 6.20. The Balaban J connectivity index is 1.81. The van der Waals surface area contributed by atoms with Crippen molar-refractivity contribution in [3.05, 3.63) is 77.4 Å². The molecule has 0 radical (unpaired) electrons. The summed E-state index contributed by atoms with van der Waals surface area (Å²) < 4.78 is 79.9. The average molecular weight is 424 g/mol. The third kappa shape index (κ3) is 3.49. The molecule has 2 heterocycles. The lowest BCUT2D eigenvalue weighted by Crippen LogP contribution is -2.54. The van der Waals surface area contributed by atoms with Crippen LogP contribution in [-0.4, -0.2) is 19.3 Å². The van der Waals surface area contributed by atoms with Crippen molar-refractivity contribution in [1.29, 1.82) is 0 Å². The topological polar surface area (TPSA) is 18.5 Å². The molecule has 30 heavy (non-hydrogen) atoms. The van der Waals surface area contributed by atoms with Crippen LogP contribution in [0.2, 0.25) is 0 Å². The minimum absolute atomic E-state index is 0.114. The number of halogens is 5. The average Bonchev–Trinajstić information content (AvgIpc) is 2.70. The van der Waals surface area contributed by atoms with Gasteiger partial charge < -0.3 is 9.47 Å². The quantitative estimate of drug-likeness (QED) is 0.454. The molecule has 0 N–H and O–H groups in total. The van der Waals surface area contributed by atoms with Crippen molar-refractivity contribution in [2.45, 2.75) is 37.0 Å². The smallest absolute Gasteiger partial charge is 0.416 e. The van der Waals surface area contributed by atoms with Gasteiger partial charge in [0.05, 0.1) is 18.3 Å². The number of ether oxygens (including phenoxy) is 2. The molecule has 3 atom stereocenters. The van der Waals surface area contributed by atoms with E-state index in [-0.39, 0.29) is 36.4 Å². The zero-order valence-corrected chi connectivity index (χ0v) is 16.1. The van der Waals surface area contributed by atoms with E-state index in [1.807, 2.05) is 0 Å². The molecule has 0 unspecified atom stereocenters. The summed E-state index contributed by atoms with van der Waals surface area (Å²) in [6, 6.07) is 6.94. The maximum Gasteiger partial charge on any atom is 0.416 e. The number of rotatable bonds is 4. The van der Waals surface area contributed by atoms with E-state index >= 15 is 4.39 Å². The lowest BCUT2D eigenvalue weighted by atomic mass is 9.60. The van der Waals surface area contributed by atoms with Crippen LogP contribution in [-0.2, 0) is 22.7 Å². The predicted molar refractivity (Wildman–Crippen MR) is 101 cm³/mol. The maximum absolute atomic E-state index is 15.0. The van der Waals surface area contributed by atoms with Gasteiger partial charge in [-0.05, 0) is 49.1 Å². The first-order valence-electron chi connectivity index (χ1n) is 9.76. The monoisotopic (exact) mass is 424 g/mol. The molecule has 2 nitrogen and oxygen atoms in total. The molecule has 0 amide bonds. The highest BCUT2D eigenvalue weighted by atomic mass is 19.4. The molecule has 2 aliphatic heterocycles. The van der Waals surface area contributed by atoms with Crippen molar-refractivity contribution in [3.63, 3.8) is 0 Å². The number of hydrogen-bond donors (Lipinski definition) is 0. The largest absolute Gasteiger partial charge is 0.490 e. The molecule has 2 aromatic rings. The Labute approximate surface area is 171 Å². The molecule has 0 saturated carbocycles. The Bertz CT molecular complexity index is 938. The second-order valence-electron chi connectivity index (χ2n) is 7.86. The summed E-state index contributed by atoms with van der Waals surface area (Å²) >= 11 is 0. The van der Waals surface area contributed by atoms with Gasteiger partial charge in [-0.25, -0.2) is 8.78 Å². The molecular weight excluding hydrogens is 403 g/mol. The molecule has 0 spiro atoms. The molecular formula is C23H21F5O2. The van der Waals surface area contributed by atoms with Crippen molar-refractivity contribution in [2.75, 3.05) is 13.2 Å². The molecule has 7 heteroatoms. The van der Waals surface area contributed by atoms with E-state index in [0.29, 0.717) is 25.0 Å². The highest BCUT2D eigenvalue weighted by Gasteiger charge is 2.53. The minimum atomic E-state index is -4.44. The molecule has 2 aliphatic rings. The highest BCUT2D eigenvalue weighted by Crippen LogP contribution is 2.52. The van der Waals surface area contributed by atoms with Crippen LogP contribution in [0.15, 0.2) is 49.1 Å². The zero-order chi connectivity index (χ0) is 21.5. The lowest BCUT2D eigenvalue weighted by Gasteiger charge is -2.51. The summed E-state index contributed by atoms with van der Waals surface area (Å²) in [5.74, 6) is -1.64. The second kappa shape index (κ2) is 7.69. The van der Waals surface area contributed by atoms with Crippen molar-refractivity contribution in [2.24, 2.45) is 5.92 Å². The molecule has 1 fully saturated rings. The second-order valence-corrected chi connectivity index (χ2v) is 7.86. The van der Waals surface area contributed by atoms with Crippen molar-refractivity contribution in [1.82, 2.24) is 0 Å². The standard InChI is InChI=1S/C23H21F5O2/c1-2-3-19-16-13-30-21-18(25)9-8-17(24)20(21)22(16,10-11-29-19)12-14-4-6-15(7-5-14)23(26,27)28/h2,4-9,16,19H,1,3,10-13H2/t16-,19-,22-/m0/s1. The molecule has 4 rings (SSSR count). The molecule has 0 aromatic heterocycles. The Hall–Kier alpha value is -2.41. The molecule has 160 valence electrons. The maximum atomic E-state index is 15.0. The van der Waals surface area contributed by atoms with Gasteiger partial charge in [0.1, 0.15) is 5.82 Å². The van der Waals surface area contributed by atoms with E-state index in [1.54, 1.807) is 6.08 Å². The normalized spacial score (nSPS) is 25.8. The Morgan fingerprint density at radius 2 is 1.77 bits per heavy atom. The van der Waals surface area contributed by atoms with Crippen LogP contribution >= 0.6 is 0 Å². The predicted octanol–water partition coefficient (Wildman–Crippen LogP) is 5.84. The van der Waals surface area contributed by atoms with E-state index in [2.05, 4.69) is 6.58 Å². The van der Waals surface area contributed by atoms with Gasteiger partial charge in [0.15, 0.2) is 11.6 Å². The van der Waals surface area contributed by atoms with E-state index in [1.165, 1.54) is 12.1 Å². The van der Waals surface area contributed by atoms with Crippen molar-refractivity contribution >= 4 is 0 Å². The van der Waals surface area contributed by atoms with Crippen LogP contribution in [0.3, 0.4) is 0 Å². The van der Waals surface area contributed by atoms with Gasteiger partial charge in [-0.15, -0.1) is 6.58 Å². The molecule has 1 saturated heterocycles. The minimum Gasteiger partial charge on any atom is -0.490 e. The number of hydrogen-bond acceptors (Lipinski definition) is 2. The summed E-state index contributed by atoms with van der Waals surface area (Å²) in [5.41, 5.74) is -0.841. The SMILES string of the molecule is C=CC[C@@H]1OCC[C@@]2(Cc3ccc(C(F)(F)F)cc3)c3c(F)ccc(F)c3OC[C@@H]12. The number of fused-ring (bicyclic) bond motifs is 3. The van der Waals surface area contributed by atoms with Crippen LogP contribution in [0.4, 0.5) is 22.0 Å². The fourth-order valence-electron chi connectivity index (χ4n) is 4.82. The molecule has 0 bridgehead atoms. The van der Waals surface area contributed by atoms with Crippen molar-refractivity contribution in [3.8, 4) is 5.75 Å². The lowest BCUT2D eigenvalue weighted by molar-refractivity contribution is -0.137. The summed E-state index contributed by atoms with van der Waals surface area (Å²) in [6.45, 7) is 4.20. The van der Waals surface area contributed by atoms with E-state index in [9.17, 15) is 17.6 Å². The van der Waals surface area contributed by atoms with Crippen LogP contribution in [0.5, 0.6) is 5.75 Å². The fraction of sp³-hybridized carbons (Fsp3) is 0.391. The van der Waals surface area contributed by atoms with E-state index in [0.717, 1.165) is 24.3 Å². The first-order valence-corrected chi connectivity index (χ1v) is 9.76.